The van der Waals surface area contributed by atoms with Crippen LogP contribution in [0.1, 0.15) is 27.7 Å². The standard InChI is InChI=1S/C11H19N7O3/c1-6(10(19)16-11(2,3)4)15-8-7(18(20)21)9(17-12)14-5-13-8/h5-6H,12H2,1-4H3,(H,16,19)(H2,13,14,15,17). The average Bonchev–Trinajstić information content (AvgIpc) is 2.35. The molecule has 0 bridgehead atoms. The molecule has 116 valence electrons. The quantitative estimate of drug-likeness (QED) is 0.346. The van der Waals surface area contributed by atoms with E-state index in [-0.39, 0.29) is 17.5 Å². The third kappa shape index (κ3) is 4.53. The molecule has 1 rings (SSSR count). The van der Waals surface area contributed by atoms with Crippen LogP contribution >= 0.6 is 0 Å². The van der Waals surface area contributed by atoms with Gasteiger partial charge in [-0.3, -0.25) is 14.9 Å². The van der Waals surface area contributed by atoms with Crippen molar-refractivity contribution >= 4 is 23.2 Å². The van der Waals surface area contributed by atoms with Crippen LogP contribution in [0, 0.1) is 10.1 Å². The van der Waals surface area contributed by atoms with Crippen LogP contribution in [0.4, 0.5) is 17.3 Å². The predicted molar refractivity (Wildman–Crippen MR) is 77.5 cm³/mol. The number of hydrogen-bond donors (Lipinski definition) is 4. The predicted octanol–water partition coefficient (Wildman–Crippen LogP) is 0.386. The van der Waals surface area contributed by atoms with Gasteiger partial charge in [0.05, 0.1) is 4.92 Å². The number of carbonyl (C=O) groups excluding carboxylic acids is 1. The number of amides is 1. The molecule has 1 aromatic heterocycles. The first-order valence-corrected chi connectivity index (χ1v) is 6.20. The van der Waals surface area contributed by atoms with Crippen LogP contribution in [-0.4, -0.2) is 32.4 Å². The molecule has 0 aliphatic heterocycles. The van der Waals surface area contributed by atoms with Crippen molar-refractivity contribution in [1.29, 1.82) is 0 Å². The van der Waals surface area contributed by atoms with Gasteiger partial charge >= 0.3 is 5.69 Å². The van der Waals surface area contributed by atoms with Crippen LogP contribution in [0.25, 0.3) is 0 Å². The maximum atomic E-state index is 12.0. The molecule has 1 atom stereocenters. The summed E-state index contributed by atoms with van der Waals surface area (Å²) in [7, 11) is 0. The number of nitro groups is 1. The fraction of sp³-hybridized carbons (Fsp3) is 0.545. The van der Waals surface area contributed by atoms with E-state index in [9.17, 15) is 14.9 Å². The van der Waals surface area contributed by atoms with Crippen LogP contribution in [0.3, 0.4) is 0 Å². The van der Waals surface area contributed by atoms with Crippen molar-refractivity contribution in [3.8, 4) is 0 Å². The molecule has 5 N–H and O–H groups in total. The van der Waals surface area contributed by atoms with Crippen LogP contribution in [0.15, 0.2) is 6.33 Å². The highest BCUT2D eigenvalue weighted by Crippen LogP contribution is 2.28. The van der Waals surface area contributed by atoms with E-state index in [1.807, 2.05) is 20.8 Å². The first-order valence-electron chi connectivity index (χ1n) is 6.20. The second-order valence-electron chi connectivity index (χ2n) is 5.43. The molecule has 0 aromatic carbocycles. The highest BCUT2D eigenvalue weighted by molar-refractivity contribution is 5.85. The summed E-state index contributed by atoms with van der Waals surface area (Å²) in [6, 6.07) is -0.719. The molecule has 21 heavy (non-hydrogen) atoms. The molecule has 0 spiro atoms. The molecule has 1 unspecified atom stereocenters. The maximum Gasteiger partial charge on any atom is 0.354 e. The summed E-state index contributed by atoms with van der Waals surface area (Å²) in [4.78, 5) is 29.8. The van der Waals surface area contributed by atoms with Crippen molar-refractivity contribution in [3.63, 3.8) is 0 Å². The van der Waals surface area contributed by atoms with Crippen LogP contribution < -0.4 is 21.9 Å². The van der Waals surface area contributed by atoms with E-state index in [0.717, 1.165) is 6.33 Å². The molecule has 0 saturated heterocycles. The van der Waals surface area contributed by atoms with Crippen molar-refractivity contribution in [2.45, 2.75) is 39.3 Å². The lowest BCUT2D eigenvalue weighted by molar-refractivity contribution is -0.383. The van der Waals surface area contributed by atoms with Gasteiger partial charge in [-0.05, 0) is 27.7 Å². The number of aromatic nitrogens is 2. The summed E-state index contributed by atoms with van der Waals surface area (Å²) in [5.74, 6) is 4.65. The van der Waals surface area contributed by atoms with Crippen molar-refractivity contribution in [3.05, 3.63) is 16.4 Å². The molecule has 0 radical (unpaired) electrons. The minimum absolute atomic E-state index is 0.0838. The molecule has 10 nitrogen and oxygen atoms in total. The van der Waals surface area contributed by atoms with E-state index >= 15 is 0 Å². The number of nitrogens with zero attached hydrogens (tertiary/aromatic N) is 3. The second kappa shape index (κ2) is 6.31. The highest BCUT2D eigenvalue weighted by Gasteiger charge is 2.26. The van der Waals surface area contributed by atoms with E-state index < -0.39 is 22.2 Å². The molecule has 0 fully saturated rings. The van der Waals surface area contributed by atoms with Crippen molar-refractivity contribution in [1.82, 2.24) is 15.3 Å². The van der Waals surface area contributed by atoms with E-state index in [1.54, 1.807) is 6.92 Å². The molecule has 0 aliphatic carbocycles. The summed E-state index contributed by atoms with van der Waals surface area (Å²) >= 11 is 0. The fourth-order valence-electron chi connectivity index (χ4n) is 1.51. The molecule has 10 heteroatoms. The minimum atomic E-state index is -0.719. The molecule has 0 aliphatic rings. The molecule has 1 heterocycles. The molecular weight excluding hydrogens is 278 g/mol. The van der Waals surface area contributed by atoms with Gasteiger partial charge in [-0.2, -0.15) is 0 Å². The Bertz CT molecular complexity index is 541. The van der Waals surface area contributed by atoms with Crippen LogP contribution in [0.5, 0.6) is 0 Å². The lowest BCUT2D eigenvalue weighted by Gasteiger charge is -2.23. The van der Waals surface area contributed by atoms with Crippen molar-refractivity contribution < 1.29 is 9.72 Å². The third-order valence-corrected chi connectivity index (χ3v) is 2.39. The zero-order valence-corrected chi connectivity index (χ0v) is 12.3. The smallest absolute Gasteiger partial charge is 0.353 e. The Balaban J connectivity index is 2.97. The SMILES string of the molecule is CC(Nc1ncnc(NN)c1[N+](=O)[O-])C(=O)NC(C)(C)C. The van der Waals surface area contributed by atoms with Gasteiger partial charge in [-0.1, -0.05) is 0 Å². The Morgan fingerprint density at radius 2 is 1.95 bits per heavy atom. The number of nitrogen functional groups attached to an aromatic ring is 1. The Labute approximate surface area is 121 Å². The van der Waals surface area contributed by atoms with Crippen LogP contribution in [-0.2, 0) is 4.79 Å². The average molecular weight is 297 g/mol. The number of rotatable bonds is 5. The molecule has 1 amide bonds. The summed E-state index contributed by atoms with van der Waals surface area (Å²) in [6.07, 6.45) is 1.11. The number of anilines is 2. The van der Waals surface area contributed by atoms with Gasteiger partial charge in [-0.25, -0.2) is 15.8 Å². The van der Waals surface area contributed by atoms with Gasteiger partial charge in [0.25, 0.3) is 0 Å². The largest absolute Gasteiger partial charge is 0.354 e. The van der Waals surface area contributed by atoms with E-state index in [4.69, 9.17) is 5.84 Å². The third-order valence-electron chi connectivity index (χ3n) is 2.39. The molecular formula is C11H19N7O3. The lowest BCUT2D eigenvalue weighted by atomic mass is 10.1. The van der Waals surface area contributed by atoms with E-state index in [0.29, 0.717) is 0 Å². The highest BCUT2D eigenvalue weighted by atomic mass is 16.6. The topological polar surface area (TPSA) is 148 Å². The Kier molecular flexibility index (Phi) is 4.97. The summed E-state index contributed by atoms with van der Waals surface area (Å²) in [6.45, 7) is 7.08. The fourth-order valence-corrected chi connectivity index (χ4v) is 1.51. The summed E-state index contributed by atoms with van der Waals surface area (Å²) in [5.41, 5.74) is 1.30. The first-order chi connectivity index (χ1) is 9.65. The number of nitrogens with two attached hydrogens (primary N) is 1. The van der Waals surface area contributed by atoms with E-state index in [1.165, 1.54) is 0 Å². The van der Waals surface area contributed by atoms with Crippen molar-refractivity contribution in [2.24, 2.45) is 5.84 Å². The maximum absolute atomic E-state index is 12.0. The van der Waals surface area contributed by atoms with Gasteiger partial charge < -0.3 is 16.1 Å². The summed E-state index contributed by atoms with van der Waals surface area (Å²) in [5, 5.41) is 16.5. The van der Waals surface area contributed by atoms with Gasteiger partial charge in [0.15, 0.2) is 0 Å². The zero-order valence-electron chi connectivity index (χ0n) is 12.3. The first kappa shape index (κ1) is 16.6. The number of nitrogens with one attached hydrogen (secondary N) is 3. The normalized spacial score (nSPS) is 12.4. The number of hydrogen-bond acceptors (Lipinski definition) is 8. The van der Waals surface area contributed by atoms with E-state index in [2.05, 4.69) is 26.0 Å². The lowest BCUT2D eigenvalue weighted by Crippen LogP contribution is -2.47. The van der Waals surface area contributed by atoms with Crippen molar-refractivity contribution in [2.75, 3.05) is 10.7 Å². The van der Waals surface area contributed by atoms with Gasteiger partial charge in [0, 0.05) is 5.54 Å². The van der Waals surface area contributed by atoms with Gasteiger partial charge in [0.1, 0.15) is 12.4 Å². The van der Waals surface area contributed by atoms with Gasteiger partial charge in [0.2, 0.25) is 17.5 Å². The molecule has 1 aromatic rings. The summed E-state index contributed by atoms with van der Waals surface area (Å²) < 4.78 is 0. The number of carbonyl (C=O) groups is 1. The second-order valence-corrected chi connectivity index (χ2v) is 5.43. The Morgan fingerprint density at radius 1 is 1.38 bits per heavy atom. The monoisotopic (exact) mass is 297 g/mol. The van der Waals surface area contributed by atoms with Gasteiger partial charge in [-0.15, -0.1) is 0 Å². The Morgan fingerprint density at radius 3 is 2.43 bits per heavy atom. The zero-order chi connectivity index (χ0) is 16.2. The molecule has 0 saturated carbocycles. The minimum Gasteiger partial charge on any atom is -0.353 e. The number of hydrazine groups is 1. The van der Waals surface area contributed by atoms with Crippen LogP contribution in [0.2, 0.25) is 0 Å². The Hall–Kier alpha value is -2.49.